The van der Waals surface area contributed by atoms with Crippen molar-refractivity contribution >= 4 is 33.2 Å². The van der Waals surface area contributed by atoms with Crippen LogP contribution in [-0.2, 0) is 0 Å². The fourth-order valence-corrected chi connectivity index (χ4v) is 1.67. The summed E-state index contributed by atoms with van der Waals surface area (Å²) in [6, 6.07) is 1.71. The van der Waals surface area contributed by atoms with Crippen molar-refractivity contribution in [2.24, 2.45) is 0 Å². The molecule has 0 fully saturated rings. The van der Waals surface area contributed by atoms with Gasteiger partial charge < -0.3 is 0 Å². The lowest BCUT2D eigenvalue weighted by Gasteiger charge is -1.94. The lowest BCUT2D eigenvalue weighted by Crippen LogP contribution is -1.90. The zero-order valence-corrected chi connectivity index (χ0v) is 9.67. The van der Waals surface area contributed by atoms with E-state index < -0.39 is 0 Å². The Labute approximate surface area is 89.9 Å². The smallest absolute Gasteiger partial charge is 0.167 e. The van der Waals surface area contributed by atoms with Gasteiger partial charge in [-0.2, -0.15) is 5.10 Å². The normalized spacial score (nSPS) is 9.54. The van der Waals surface area contributed by atoms with E-state index >= 15 is 0 Å². The fraction of sp³-hybridized carbons (Fsp3) is 0.250. The molecule has 2 aromatic rings. The van der Waals surface area contributed by atoms with E-state index in [0.29, 0.717) is 5.15 Å². The van der Waals surface area contributed by atoms with Crippen molar-refractivity contribution in [2.75, 3.05) is 0 Å². The quantitative estimate of drug-likeness (QED) is 0.730. The molecule has 0 N–H and O–H groups in total. The summed E-state index contributed by atoms with van der Waals surface area (Å²) in [4.78, 5) is 4.05. The highest BCUT2D eigenvalue weighted by molar-refractivity contribution is 9.10. The minimum absolute atomic E-state index is 0.447. The van der Waals surface area contributed by atoms with Gasteiger partial charge in [-0.15, -0.1) is 0 Å². The molecule has 0 unspecified atom stereocenters. The topological polar surface area (TPSA) is 30.2 Å². The van der Waals surface area contributed by atoms with Gasteiger partial charge in [0.05, 0.1) is 4.47 Å². The summed E-state index contributed by atoms with van der Waals surface area (Å²) in [7, 11) is 0. The van der Waals surface area contributed by atoms with Crippen LogP contribution in [0, 0.1) is 0 Å². The lowest BCUT2D eigenvalue weighted by molar-refractivity contribution is 0.932. The second-order valence-corrected chi connectivity index (χ2v) is 3.25. The first kappa shape index (κ1) is 10.5. The Morgan fingerprint density at radius 3 is 2.85 bits per heavy atom. The number of aromatic nitrogens is 3. The van der Waals surface area contributed by atoms with Crippen molar-refractivity contribution in [2.45, 2.75) is 13.8 Å². The molecule has 2 aromatic heterocycles. The molecule has 0 aromatic carbocycles. The standard InChI is InChI=1S/C6H3BrClN3.C2H6/c7-4-3-5(8)10-11-2-1-9-6(4)11;1-2/h1-3H;1-2H3. The third-order valence-electron chi connectivity index (χ3n) is 1.28. The molecular formula is C8H9BrClN3. The Morgan fingerprint density at radius 2 is 2.15 bits per heavy atom. The number of nitrogens with zero attached hydrogens (tertiary/aromatic N) is 3. The number of hydrogen-bond acceptors (Lipinski definition) is 2. The van der Waals surface area contributed by atoms with Crippen molar-refractivity contribution in [3.05, 3.63) is 28.1 Å². The van der Waals surface area contributed by atoms with Gasteiger partial charge >= 0.3 is 0 Å². The molecule has 0 bridgehead atoms. The van der Waals surface area contributed by atoms with Gasteiger partial charge in [0.15, 0.2) is 10.8 Å². The Morgan fingerprint density at radius 1 is 1.46 bits per heavy atom. The third-order valence-corrected chi connectivity index (χ3v) is 2.05. The van der Waals surface area contributed by atoms with E-state index in [4.69, 9.17) is 11.6 Å². The minimum Gasteiger partial charge on any atom is -0.235 e. The largest absolute Gasteiger partial charge is 0.235 e. The molecule has 0 radical (unpaired) electrons. The Bertz CT molecular complexity index is 399. The highest BCUT2D eigenvalue weighted by atomic mass is 79.9. The average Bonchev–Trinajstić information content (AvgIpc) is 2.55. The molecule has 2 rings (SSSR count). The molecule has 5 heteroatoms. The van der Waals surface area contributed by atoms with Crippen molar-refractivity contribution in [1.29, 1.82) is 0 Å². The van der Waals surface area contributed by atoms with Gasteiger partial charge in [0, 0.05) is 12.4 Å². The van der Waals surface area contributed by atoms with E-state index in [1.165, 1.54) is 0 Å². The summed E-state index contributed by atoms with van der Waals surface area (Å²) in [6.45, 7) is 4.00. The van der Waals surface area contributed by atoms with Gasteiger partial charge in [-0.3, -0.25) is 0 Å². The van der Waals surface area contributed by atoms with E-state index in [2.05, 4.69) is 26.0 Å². The SMILES string of the molecule is CC.Clc1cc(Br)c2nccn2n1. The van der Waals surface area contributed by atoms with Crippen LogP contribution in [0.4, 0.5) is 0 Å². The zero-order valence-electron chi connectivity index (χ0n) is 7.33. The van der Waals surface area contributed by atoms with Crippen LogP contribution in [0.25, 0.3) is 5.65 Å². The van der Waals surface area contributed by atoms with E-state index in [1.54, 1.807) is 23.0 Å². The van der Waals surface area contributed by atoms with Crippen LogP contribution in [0.15, 0.2) is 22.9 Å². The Kier molecular flexibility index (Phi) is 3.69. The predicted octanol–water partition coefficient (Wildman–Crippen LogP) is 3.17. The average molecular weight is 263 g/mol. The molecule has 0 saturated heterocycles. The Hall–Kier alpha value is -0.610. The maximum Gasteiger partial charge on any atom is 0.167 e. The molecule has 13 heavy (non-hydrogen) atoms. The van der Waals surface area contributed by atoms with Crippen molar-refractivity contribution in [3.8, 4) is 0 Å². The van der Waals surface area contributed by atoms with E-state index in [1.807, 2.05) is 13.8 Å². The monoisotopic (exact) mass is 261 g/mol. The maximum atomic E-state index is 5.69. The number of imidazole rings is 1. The summed E-state index contributed by atoms with van der Waals surface area (Å²) in [5, 5.41) is 4.43. The number of hydrogen-bond donors (Lipinski definition) is 0. The molecule has 0 atom stereocenters. The maximum absolute atomic E-state index is 5.69. The number of fused-ring (bicyclic) bond motifs is 1. The van der Waals surface area contributed by atoms with Crippen LogP contribution in [0.1, 0.15) is 13.8 Å². The second-order valence-electron chi connectivity index (χ2n) is 2.01. The highest BCUT2D eigenvalue weighted by Crippen LogP contribution is 2.18. The lowest BCUT2D eigenvalue weighted by atomic mass is 10.6. The van der Waals surface area contributed by atoms with Gasteiger partial charge in [-0.05, 0) is 22.0 Å². The van der Waals surface area contributed by atoms with Crippen LogP contribution in [0.3, 0.4) is 0 Å². The minimum atomic E-state index is 0.447. The predicted molar refractivity (Wildman–Crippen MR) is 57.0 cm³/mol. The zero-order chi connectivity index (χ0) is 9.84. The van der Waals surface area contributed by atoms with Crippen LogP contribution in [0.5, 0.6) is 0 Å². The van der Waals surface area contributed by atoms with Crippen LogP contribution in [0.2, 0.25) is 5.15 Å². The molecule has 0 spiro atoms. The van der Waals surface area contributed by atoms with Crippen LogP contribution < -0.4 is 0 Å². The van der Waals surface area contributed by atoms with Crippen molar-refractivity contribution in [1.82, 2.24) is 14.6 Å². The van der Waals surface area contributed by atoms with Crippen LogP contribution >= 0.6 is 27.5 Å². The first-order chi connectivity index (χ1) is 6.27. The molecule has 0 amide bonds. The van der Waals surface area contributed by atoms with E-state index in [0.717, 1.165) is 10.1 Å². The molecule has 0 aliphatic heterocycles. The van der Waals surface area contributed by atoms with E-state index in [9.17, 15) is 0 Å². The van der Waals surface area contributed by atoms with Gasteiger partial charge in [0.2, 0.25) is 0 Å². The first-order valence-electron chi connectivity index (χ1n) is 3.93. The number of rotatable bonds is 0. The van der Waals surface area contributed by atoms with Gasteiger partial charge in [0.25, 0.3) is 0 Å². The molecule has 0 aliphatic carbocycles. The molecule has 70 valence electrons. The third kappa shape index (κ3) is 2.19. The van der Waals surface area contributed by atoms with Crippen molar-refractivity contribution < 1.29 is 0 Å². The Balaban J connectivity index is 0.000000396. The summed E-state index contributed by atoms with van der Waals surface area (Å²) >= 11 is 9.01. The van der Waals surface area contributed by atoms with Gasteiger partial charge in [-0.1, -0.05) is 25.4 Å². The van der Waals surface area contributed by atoms with Gasteiger partial charge in [-0.25, -0.2) is 9.50 Å². The van der Waals surface area contributed by atoms with Crippen molar-refractivity contribution in [3.63, 3.8) is 0 Å². The summed E-state index contributed by atoms with van der Waals surface area (Å²) in [5.41, 5.74) is 0.773. The van der Waals surface area contributed by atoms with E-state index in [-0.39, 0.29) is 0 Å². The second kappa shape index (κ2) is 4.58. The highest BCUT2D eigenvalue weighted by Gasteiger charge is 2.01. The first-order valence-corrected chi connectivity index (χ1v) is 5.10. The molecule has 0 aliphatic rings. The molecule has 0 saturated carbocycles. The summed E-state index contributed by atoms with van der Waals surface area (Å²) in [6.07, 6.45) is 3.41. The molecular weight excluding hydrogens is 253 g/mol. The summed E-state index contributed by atoms with van der Waals surface area (Å²) in [5.74, 6) is 0. The molecule has 3 nitrogen and oxygen atoms in total. The number of halogens is 2. The van der Waals surface area contributed by atoms with Gasteiger partial charge in [0.1, 0.15) is 0 Å². The molecule has 2 heterocycles. The summed E-state index contributed by atoms with van der Waals surface area (Å²) < 4.78 is 2.47. The fourth-order valence-electron chi connectivity index (χ4n) is 0.850. The van der Waals surface area contributed by atoms with Crippen LogP contribution in [-0.4, -0.2) is 14.6 Å².